The summed E-state index contributed by atoms with van der Waals surface area (Å²) >= 11 is 0. The quantitative estimate of drug-likeness (QED) is 0.864. The molecular weight excluding hydrogens is 306 g/mol. The van der Waals surface area contributed by atoms with Crippen molar-refractivity contribution >= 4 is 11.9 Å². The molecule has 1 unspecified atom stereocenters. The van der Waals surface area contributed by atoms with Gasteiger partial charge in [0, 0.05) is 18.2 Å². The van der Waals surface area contributed by atoms with E-state index in [0.29, 0.717) is 12.8 Å². The molecule has 1 saturated carbocycles. The van der Waals surface area contributed by atoms with Gasteiger partial charge in [-0.1, -0.05) is 44.8 Å². The molecule has 2 fully saturated rings. The maximum atomic E-state index is 12.1. The summed E-state index contributed by atoms with van der Waals surface area (Å²) in [7, 11) is 0. The highest BCUT2D eigenvalue weighted by molar-refractivity contribution is 5.59. The maximum absolute atomic E-state index is 12.1. The number of aromatic nitrogens is 2. The number of ether oxygens (including phenoxy) is 1. The molecule has 2 heterocycles. The van der Waals surface area contributed by atoms with Gasteiger partial charge in [-0.25, -0.2) is 4.79 Å². The van der Waals surface area contributed by atoms with Gasteiger partial charge in [-0.3, -0.25) is 4.57 Å². The van der Waals surface area contributed by atoms with Crippen LogP contribution in [0.25, 0.3) is 6.08 Å². The van der Waals surface area contributed by atoms with Crippen LogP contribution in [-0.2, 0) is 4.74 Å². The minimum atomic E-state index is -0.550. The predicted molar refractivity (Wildman–Crippen MR) is 93.3 cm³/mol. The van der Waals surface area contributed by atoms with Gasteiger partial charge >= 0.3 is 5.69 Å². The van der Waals surface area contributed by atoms with E-state index in [2.05, 4.69) is 11.1 Å². The smallest absolute Gasteiger partial charge is 0.351 e. The highest BCUT2D eigenvalue weighted by Crippen LogP contribution is 2.30. The van der Waals surface area contributed by atoms with E-state index < -0.39 is 18.0 Å². The highest BCUT2D eigenvalue weighted by Gasteiger charge is 2.34. The van der Waals surface area contributed by atoms with Gasteiger partial charge in [0.25, 0.3) is 0 Å². The number of hydrogen-bond acceptors (Lipinski definition) is 5. The van der Waals surface area contributed by atoms with Gasteiger partial charge in [0.1, 0.15) is 12.0 Å². The van der Waals surface area contributed by atoms with Gasteiger partial charge < -0.3 is 15.6 Å². The van der Waals surface area contributed by atoms with E-state index in [0.717, 1.165) is 17.9 Å². The molecule has 0 radical (unpaired) electrons. The number of anilines is 1. The third-order valence-electron chi connectivity index (χ3n) is 5.17. The second-order valence-electron chi connectivity index (χ2n) is 6.90. The zero-order valence-electron chi connectivity index (χ0n) is 14.2. The van der Waals surface area contributed by atoms with Gasteiger partial charge in [0.2, 0.25) is 0 Å². The van der Waals surface area contributed by atoms with E-state index in [1.54, 1.807) is 6.20 Å². The van der Waals surface area contributed by atoms with E-state index in [-0.39, 0.29) is 11.9 Å². The topological polar surface area (TPSA) is 90.4 Å². The Morgan fingerprint density at radius 2 is 2.21 bits per heavy atom. The molecule has 3 N–H and O–H groups in total. The molecule has 0 amide bonds. The Morgan fingerprint density at radius 1 is 1.46 bits per heavy atom. The van der Waals surface area contributed by atoms with Crippen LogP contribution in [0.3, 0.4) is 0 Å². The zero-order valence-corrected chi connectivity index (χ0v) is 14.2. The third-order valence-corrected chi connectivity index (χ3v) is 5.17. The molecule has 0 aromatic carbocycles. The van der Waals surface area contributed by atoms with Gasteiger partial charge in [-0.05, 0) is 18.8 Å². The van der Waals surface area contributed by atoms with Crippen LogP contribution in [0, 0.1) is 5.92 Å². The fraction of sp³-hybridized carbons (Fsp3) is 0.667. The molecular formula is C18H27N3O3. The van der Waals surface area contributed by atoms with Crippen LogP contribution in [-0.4, -0.2) is 26.9 Å². The van der Waals surface area contributed by atoms with Crippen molar-refractivity contribution in [3.8, 4) is 0 Å². The molecule has 1 saturated heterocycles. The molecule has 6 nitrogen and oxygen atoms in total. The number of hydrogen-bond donors (Lipinski definition) is 2. The number of rotatable bonds is 5. The van der Waals surface area contributed by atoms with Crippen molar-refractivity contribution in [1.29, 1.82) is 0 Å². The minimum absolute atomic E-state index is 0.235. The van der Waals surface area contributed by atoms with Crippen molar-refractivity contribution in [2.24, 2.45) is 5.92 Å². The largest absolute Gasteiger partial charge is 0.390 e. The number of aliphatic hydroxyl groups is 1. The summed E-state index contributed by atoms with van der Waals surface area (Å²) in [6, 6.07) is 0. The lowest BCUT2D eigenvalue weighted by atomic mass is 10.0. The Bertz CT molecular complexity index is 649. The van der Waals surface area contributed by atoms with E-state index in [1.807, 2.05) is 13.0 Å². The fourth-order valence-corrected chi connectivity index (χ4v) is 3.72. The van der Waals surface area contributed by atoms with Crippen LogP contribution in [0.4, 0.5) is 5.82 Å². The van der Waals surface area contributed by atoms with Crippen molar-refractivity contribution in [3.63, 3.8) is 0 Å². The number of nitrogen functional groups attached to an aromatic ring is 1. The number of nitrogens with zero attached hydrogens (tertiary/aromatic N) is 2. The molecule has 1 aliphatic carbocycles. The van der Waals surface area contributed by atoms with Crippen LogP contribution < -0.4 is 11.4 Å². The number of nitrogens with two attached hydrogens (primary N) is 1. The van der Waals surface area contributed by atoms with Crippen molar-refractivity contribution < 1.29 is 9.84 Å². The zero-order chi connectivity index (χ0) is 17.1. The molecule has 1 aliphatic heterocycles. The molecule has 1 aromatic rings. The second kappa shape index (κ2) is 7.49. The number of allylic oxidation sites excluding steroid dienone is 1. The molecule has 2 aliphatic rings. The lowest BCUT2D eigenvalue weighted by Gasteiger charge is -2.15. The van der Waals surface area contributed by atoms with Crippen LogP contribution in [0.2, 0.25) is 0 Å². The molecule has 3 atom stereocenters. The third kappa shape index (κ3) is 3.70. The minimum Gasteiger partial charge on any atom is -0.390 e. The van der Waals surface area contributed by atoms with Crippen molar-refractivity contribution in [3.05, 3.63) is 28.3 Å². The highest BCUT2D eigenvalue weighted by atomic mass is 16.5. The Morgan fingerprint density at radius 3 is 2.88 bits per heavy atom. The summed E-state index contributed by atoms with van der Waals surface area (Å²) < 4.78 is 7.23. The van der Waals surface area contributed by atoms with Crippen LogP contribution >= 0.6 is 0 Å². The summed E-state index contributed by atoms with van der Waals surface area (Å²) in [6.07, 6.45) is 11.9. The lowest BCUT2D eigenvalue weighted by Crippen LogP contribution is -2.28. The molecule has 1 aromatic heterocycles. The van der Waals surface area contributed by atoms with E-state index in [9.17, 15) is 9.90 Å². The Hall–Kier alpha value is -1.66. The first kappa shape index (κ1) is 17.2. The van der Waals surface area contributed by atoms with Gasteiger partial charge in [-0.2, -0.15) is 4.98 Å². The first-order valence-corrected chi connectivity index (χ1v) is 8.97. The van der Waals surface area contributed by atoms with Crippen molar-refractivity contribution in [2.75, 3.05) is 5.73 Å². The molecule has 0 spiro atoms. The normalized spacial score (nSPS) is 28.2. The SMILES string of the molecule is CC[C@H]1O[C@@H](n2cc(/C=C/CC3CCCC3)c(N)nc2=O)CC1O. The monoisotopic (exact) mass is 333 g/mol. The van der Waals surface area contributed by atoms with Crippen molar-refractivity contribution in [2.45, 2.75) is 70.3 Å². The summed E-state index contributed by atoms with van der Waals surface area (Å²) in [5, 5.41) is 10.00. The maximum Gasteiger partial charge on any atom is 0.351 e. The predicted octanol–water partition coefficient (Wildman–Crippen LogP) is 2.48. The average molecular weight is 333 g/mol. The summed E-state index contributed by atoms with van der Waals surface area (Å²) in [5.74, 6) is 1.00. The van der Waals surface area contributed by atoms with Gasteiger partial charge in [0.15, 0.2) is 0 Å². The van der Waals surface area contributed by atoms with Crippen LogP contribution in [0.1, 0.15) is 63.7 Å². The van der Waals surface area contributed by atoms with Crippen LogP contribution in [0.15, 0.2) is 17.1 Å². The Balaban J connectivity index is 1.76. The summed E-state index contributed by atoms with van der Waals surface area (Å²) in [6.45, 7) is 1.96. The average Bonchev–Trinajstić information content (AvgIpc) is 3.18. The lowest BCUT2D eigenvalue weighted by molar-refractivity contribution is -0.0217. The molecule has 24 heavy (non-hydrogen) atoms. The first-order chi connectivity index (χ1) is 11.6. The number of aliphatic hydroxyl groups excluding tert-OH is 1. The summed E-state index contributed by atoms with van der Waals surface area (Å²) in [4.78, 5) is 16.1. The van der Waals surface area contributed by atoms with Gasteiger partial charge in [0.05, 0.1) is 12.2 Å². The Kier molecular flexibility index (Phi) is 5.36. The van der Waals surface area contributed by atoms with E-state index in [4.69, 9.17) is 10.5 Å². The first-order valence-electron chi connectivity index (χ1n) is 8.97. The molecule has 3 rings (SSSR count). The van der Waals surface area contributed by atoms with E-state index in [1.165, 1.54) is 30.3 Å². The van der Waals surface area contributed by atoms with E-state index >= 15 is 0 Å². The van der Waals surface area contributed by atoms with Gasteiger partial charge in [-0.15, -0.1) is 0 Å². The molecule has 6 heteroatoms. The Labute approximate surface area is 142 Å². The standard InChI is InChI=1S/C18H27N3O3/c1-2-15-14(22)10-16(24-15)21-11-13(17(19)20-18(21)23)9-5-8-12-6-3-4-7-12/h5,9,11-12,14-16,22H,2-4,6-8,10H2,1H3,(H2,19,20,23)/b9-5+/t14?,15-,16-/m1/s1. The molecule has 0 bridgehead atoms. The summed E-state index contributed by atoms with van der Waals surface area (Å²) in [5.41, 5.74) is 6.19. The second-order valence-corrected chi connectivity index (χ2v) is 6.90. The molecule has 132 valence electrons. The van der Waals surface area contributed by atoms with Crippen molar-refractivity contribution in [1.82, 2.24) is 9.55 Å². The fourth-order valence-electron chi connectivity index (χ4n) is 3.72. The van der Waals surface area contributed by atoms with Crippen LogP contribution in [0.5, 0.6) is 0 Å².